The van der Waals surface area contributed by atoms with Crippen molar-refractivity contribution in [2.24, 2.45) is 11.8 Å². The van der Waals surface area contributed by atoms with Crippen LogP contribution in [0.25, 0.3) is 0 Å². The molecule has 0 radical (unpaired) electrons. The molecule has 2 atom stereocenters. The molecule has 0 bridgehead atoms. The quantitative estimate of drug-likeness (QED) is 0.618. The molecule has 0 aromatic carbocycles. The maximum atomic E-state index is 10.8. The fourth-order valence-corrected chi connectivity index (χ4v) is 1.71. The van der Waals surface area contributed by atoms with E-state index in [1.165, 1.54) is 6.92 Å². The number of hydrogen-bond acceptors (Lipinski definition) is 3. The molecule has 0 N–H and O–H groups in total. The minimum absolute atomic E-state index is 0.252. The molecule has 3 nitrogen and oxygen atoms in total. The Bertz CT molecular complexity index is 177. The maximum Gasteiger partial charge on any atom is 0.304 e. The van der Waals surface area contributed by atoms with E-state index in [9.17, 15) is 4.79 Å². The number of carbonyl (C=O) groups excluding carboxylic acids is 1. The summed E-state index contributed by atoms with van der Waals surface area (Å²) in [5.74, 6) is 0.611. The van der Waals surface area contributed by atoms with Gasteiger partial charge in [0.2, 0.25) is 6.29 Å². The summed E-state index contributed by atoms with van der Waals surface area (Å²) in [5, 5.41) is 0. The lowest BCUT2D eigenvalue weighted by atomic mass is 9.89. The average molecular weight is 186 g/mol. The van der Waals surface area contributed by atoms with Gasteiger partial charge in [0.25, 0.3) is 0 Å². The molecule has 76 valence electrons. The van der Waals surface area contributed by atoms with Gasteiger partial charge in [0.1, 0.15) is 0 Å². The first-order chi connectivity index (χ1) is 6.11. The van der Waals surface area contributed by atoms with E-state index in [4.69, 9.17) is 9.47 Å². The Labute approximate surface area is 79.4 Å². The molecule has 1 saturated heterocycles. The van der Waals surface area contributed by atoms with Crippen molar-refractivity contribution >= 4 is 5.97 Å². The highest BCUT2D eigenvalue weighted by molar-refractivity contribution is 5.66. The van der Waals surface area contributed by atoms with Gasteiger partial charge in [-0.05, 0) is 18.8 Å². The third kappa shape index (κ3) is 2.99. The molecule has 1 aliphatic rings. The Kier molecular flexibility index (Phi) is 3.72. The van der Waals surface area contributed by atoms with Crippen molar-refractivity contribution in [3.63, 3.8) is 0 Å². The molecule has 1 heterocycles. The Morgan fingerprint density at radius 3 is 2.77 bits per heavy atom. The van der Waals surface area contributed by atoms with Crippen LogP contribution in [0.3, 0.4) is 0 Å². The lowest BCUT2D eigenvalue weighted by Crippen LogP contribution is -2.36. The van der Waals surface area contributed by atoms with Gasteiger partial charge in [0.15, 0.2) is 0 Å². The van der Waals surface area contributed by atoms with E-state index < -0.39 is 0 Å². The van der Waals surface area contributed by atoms with E-state index in [0.29, 0.717) is 18.4 Å². The van der Waals surface area contributed by atoms with Crippen LogP contribution in [0.2, 0.25) is 0 Å². The van der Waals surface area contributed by atoms with Gasteiger partial charge < -0.3 is 9.47 Å². The second kappa shape index (κ2) is 4.61. The van der Waals surface area contributed by atoms with Crippen LogP contribution in [0.15, 0.2) is 0 Å². The Balaban J connectivity index is 2.51. The van der Waals surface area contributed by atoms with Crippen molar-refractivity contribution in [1.29, 1.82) is 0 Å². The van der Waals surface area contributed by atoms with Gasteiger partial charge in [-0.3, -0.25) is 4.79 Å². The highest BCUT2D eigenvalue weighted by Gasteiger charge is 2.30. The normalized spacial score (nSPS) is 28.9. The van der Waals surface area contributed by atoms with Gasteiger partial charge >= 0.3 is 5.97 Å². The summed E-state index contributed by atoms with van der Waals surface area (Å²) >= 11 is 0. The van der Waals surface area contributed by atoms with Crippen LogP contribution in [-0.2, 0) is 14.3 Å². The predicted octanol–water partition coefficient (Wildman–Crippen LogP) is 1.96. The molecule has 1 rings (SSSR count). The SMILES string of the molecule is CC(=O)OC1OCCCC1C(C)C. The topological polar surface area (TPSA) is 35.5 Å². The zero-order chi connectivity index (χ0) is 9.84. The van der Waals surface area contributed by atoms with E-state index in [1.807, 2.05) is 0 Å². The second-order valence-corrected chi connectivity index (χ2v) is 3.90. The first-order valence-corrected chi connectivity index (χ1v) is 4.90. The largest absolute Gasteiger partial charge is 0.436 e. The van der Waals surface area contributed by atoms with Crippen molar-refractivity contribution in [1.82, 2.24) is 0 Å². The summed E-state index contributed by atoms with van der Waals surface area (Å²) in [4.78, 5) is 10.8. The number of ether oxygens (including phenoxy) is 2. The van der Waals surface area contributed by atoms with Crippen LogP contribution < -0.4 is 0 Å². The van der Waals surface area contributed by atoms with Crippen molar-refractivity contribution in [3.8, 4) is 0 Å². The molecule has 13 heavy (non-hydrogen) atoms. The average Bonchev–Trinajstić information content (AvgIpc) is 2.03. The zero-order valence-corrected chi connectivity index (χ0v) is 8.58. The molecular formula is C10H18O3. The standard InChI is InChI=1S/C10H18O3/c1-7(2)9-5-4-6-12-10(9)13-8(3)11/h7,9-10H,4-6H2,1-3H3. The van der Waals surface area contributed by atoms with E-state index in [1.54, 1.807) is 0 Å². The maximum absolute atomic E-state index is 10.8. The van der Waals surface area contributed by atoms with E-state index in [2.05, 4.69) is 13.8 Å². The number of hydrogen-bond donors (Lipinski definition) is 0. The van der Waals surface area contributed by atoms with Gasteiger partial charge in [-0.1, -0.05) is 13.8 Å². The summed E-state index contributed by atoms with van der Waals surface area (Å²) in [6, 6.07) is 0. The van der Waals surface area contributed by atoms with Crippen LogP contribution in [0.4, 0.5) is 0 Å². The summed E-state index contributed by atoms with van der Waals surface area (Å²) in [7, 11) is 0. The number of rotatable bonds is 2. The smallest absolute Gasteiger partial charge is 0.304 e. The second-order valence-electron chi connectivity index (χ2n) is 3.90. The monoisotopic (exact) mass is 186 g/mol. The number of carbonyl (C=O) groups is 1. The molecule has 0 saturated carbocycles. The van der Waals surface area contributed by atoms with E-state index in [0.717, 1.165) is 12.8 Å². The van der Waals surface area contributed by atoms with Crippen molar-refractivity contribution in [2.75, 3.05) is 6.61 Å². The molecule has 1 fully saturated rings. The fraction of sp³-hybridized carbons (Fsp3) is 0.900. The Morgan fingerprint density at radius 1 is 1.54 bits per heavy atom. The fourth-order valence-electron chi connectivity index (χ4n) is 1.71. The summed E-state index contributed by atoms with van der Waals surface area (Å²) in [5.41, 5.74) is 0. The number of esters is 1. The highest BCUT2D eigenvalue weighted by Crippen LogP contribution is 2.28. The zero-order valence-electron chi connectivity index (χ0n) is 8.58. The van der Waals surface area contributed by atoms with Gasteiger partial charge in [0, 0.05) is 12.8 Å². The van der Waals surface area contributed by atoms with Crippen LogP contribution in [-0.4, -0.2) is 18.9 Å². The highest BCUT2D eigenvalue weighted by atomic mass is 16.7. The van der Waals surface area contributed by atoms with Gasteiger partial charge in [0.05, 0.1) is 6.61 Å². The summed E-state index contributed by atoms with van der Waals surface area (Å²) < 4.78 is 10.5. The third-order valence-electron chi connectivity index (χ3n) is 2.45. The molecule has 0 spiro atoms. The van der Waals surface area contributed by atoms with Gasteiger partial charge in [-0.15, -0.1) is 0 Å². The van der Waals surface area contributed by atoms with E-state index >= 15 is 0 Å². The minimum Gasteiger partial charge on any atom is -0.436 e. The summed E-state index contributed by atoms with van der Waals surface area (Å²) in [6.07, 6.45) is 1.85. The molecule has 1 aliphatic heterocycles. The molecule has 0 amide bonds. The van der Waals surface area contributed by atoms with Crippen molar-refractivity contribution in [2.45, 2.75) is 39.9 Å². The minimum atomic E-state index is -0.314. The van der Waals surface area contributed by atoms with Gasteiger partial charge in [-0.25, -0.2) is 0 Å². The molecule has 0 aromatic heterocycles. The van der Waals surface area contributed by atoms with Crippen LogP contribution in [0.1, 0.15) is 33.6 Å². The third-order valence-corrected chi connectivity index (χ3v) is 2.45. The lowest BCUT2D eigenvalue weighted by Gasteiger charge is -2.33. The van der Waals surface area contributed by atoms with Gasteiger partial charge in [-0.2, -0.15) is 0 Å². The molecule has 3 heteroatoms. The lowest BCUT2D eigenvalue weighted by molar-refractivity contribution is -0.205. The molecule has 0 aromatic rings. The van der Waals surface area contributed by atoms with Crippen LogP contribution in [0.5, 0.6) is 0 Å². The van der Waals surface area contributed by atoms with Crippen LogP contribution >= 0.6 is 0 Å². The van der Waals surface area contributed by atoms with Crippen LogP contribution in [0, 0.1) is 11.8 Å². The van der Waals surface area contributed by atoms with Crippen molar-refractivity contribution < 1.29 is 14.3 Å². The first-order valence-electron chi connectivity index (χ1n) is 4.90. The molecule has 0 aliphatic carbocycles. The predicted molar refractivity (Wildman–Crippen MR) is 49.1 cm³/mol. The first kappa shape index (κ1) is 10.5. The summed E-state index contributed by atoms with van der Waals surface area (Å²) in [6.45, 7) is 6.40. The molecular weight excluding hydrogens is 168 g/mol. The van der Waals surface area contributed by atoms with Crippen molar-refractivity contribution in [3.05, 3.63) is 0 Å². The van der Waals surface area contributed by atoms with E-state index in [-0.39, 0.29) is 12.3 Å². The Hall–Kier alpha value is -0.570. The Morgan fingerprint density at radius 2 is 2.23 bits per heavy atom. The molecule has 2 unspecified atom stereocenters.